The van der Waals surface area contributed by atoms with Crippen LogP contribution in [0, 0.1) is 12.3 Å². The number of benzene rings is 1. The highest BCUT2D eigenvalue weighted by Gasteiger charge is 2.58. The summed E-state index contributed by atoms with van der Waals surface area (Å²) >= 11 is 0. The minimum Gasteiger partial charge on any atom is -0.464 e. The van der Waals surface area contributed by atoms with Gasteiger partial charge in [-0.2, -0.15) is 0 Å². The maximum Gasteiger partial charge on any atom is 0.416 e. The molecule has 0 bridgehead atoms. The number of methoxy groups -OCH3 is 1. The number of carboxylic acid groups (broad SMARTS) is 1. The molecule has 1 atom stereocenters. The first-order chi connectivity index (χ1) is 18.1. The highest BCUT2D eigenvalue weighted by atomic mass is 19.3. The van der Waals surface area contributed by atoms with E-state index in [9.17, 15) is 23.5 Å². The van der Waals surface area contributed by atoms with Crippen molar-refractivity contribution in [2.75, 3.05) is 13.7 Å². The van der Waals surface area contributed by atoms with Crippen molar-refractivity contribution in [3.63, 3.8) is 0 Å². The van der Waals surface area contributed by atoms with Crippen LogP contribution in [0.2, 0.25) is 0 Å². The molecule has 1 saturated heterocycles. The Bertz CT molecular complexity index is 1420. The summed E-state index contributed by atoms with van der Waals surface area (Å²) in [5.41, 5.74) is 4.69. The summed E-state index contributed by atoms with van der Waals surface area (Å²) in [6.07, 6.45) is 5.55. The number of aryl methyl sites for hydroxylation is 1. The smallest absolute Gasteiger partial charge is 0.416 e. The van der Waals surface area contributed by atoms with Gasteiger partial charge in [-0.05, 0) is 84.9 Å². The van der Waals surface area contributed by atoms with Crippen LogP contribution < -0.4 is 0 Å². The van der Waals surface area contributed by atoms with Gasteiger partial charge in [0.1, 0.15) is 5.69 Å². The maximum atomic E-state index is 14.0. The van der Waals surface area contributed by atoms with Crippen LogP contribution in [0.3, 0.4) is 0 Å². The highest BCUT2D eigenvalue weighted by Crippen LogP contribution is 2.60. The molecule has 1 N–H and O–H groups in total. The maximum absolute atomic E-state index is 14.0. The molecule has 38 heavy (non-hydrogen) atoms. The van der Waals surface area contributed by atoms with Crippen molar-refractivity contribution < 1.29 is 28.2 Å². The number of piperidine rings is 1. The van der Waals surface area contributed by atoms with Gasteiger partial charge in [-0.25, -0.2) is 23.4 Å². The summed E-state index contributed by atoms with van der Waals surface area (Å²) in [4.78, 5) is 30.5. The Morgan fingerprint density at radius 1 is 1.21 bits per heavy atom. The third kappa shape index (κ3) is 4.26. The second-order valence-electron chi connectivity index (χ2n) is 11.4. The number of ether oxygens (including phenoxy) is 1. The number of carbonyl (C=O) groups is 2. The van der Waals surface area contributed by atoms with E-state index in [4.69, 9.17) is 4.74 Å². The fourth-order valence-corrected chi connectivity index (χ4v) is 6.81. The normalized spacial score (nSPS) is 22.4. The van der Waals surface area contributed by atoms with Crippen molar-refractivity contribution in [1.82, 2.24) is 14.5 Å². The lowest BCUT2D eigenvalue weighted by atomic mass is 9.59. The molecule has 6 rings (SSSR count). The highest BCUT2D eigenvalue weighted by molar-refractivity contribution is 5.94. The van der Waals surface area contributed by atoms with Crippen molar-refractivity contribution >= 4 is 23.0 Å². The predicted molar refractivity (Wildman–Crippen MR) is 137 cm³/mol. The minimum absolute atomic E-state index is 0.0957. The largest absolute Gasteiger partial charge is 0.464 e. The molecule has 2 aromatic heterocycles. The summed E-state index contributed by atoms with van der Waals surface area (Å²) in [5.74, 6) is -2.67. The first-order valence-corrected chi connectivity index (χ1v) is 13.1. The first-order valence-electron chi connectivity index (χ1n) is 13.1. The molecule has 9 heteroatoms. The van der Waals surface area contributed by atoms with Gasteiger partial charge >= 0.3 is 12.1 Å². The number of pyridine rings is 1. The Morgan fingerprint density at radius 2 is 1.97 bits per heavy atom. The lowest BCUT2D eigenvalue weighted by Crippen LogP contribution is -2.53. The van der Waals surface area contributed by atoms with Gasteiger partial charge < -0.3 is 9.84 Å². The van der Waals surface area contributed by atoms with Gasteiger partial charge in [0.2, 0.25) is 5.92 Å². The number of carbonyl (C=O) groups excluding carboxylic acids is 1. The topological polar surface area (TPSA) is 84.7 Å². The number of fused-ring (bicyclic) bond motifs is 1. The number of alkyl halides is 2. The molecule has 1 aromatic carbocycles. The fraction of sp³-hybridized carbons (Fsp3) is 0.483. The molecule has 0 unspecified atom stereocenters. The number of esters is 1. The van der Waals surface area contributed by atoms with Gasteiger partial charge in [0.15, 0.2) is 0 Å². The Balaban J connectivity index is 1.39. The van der Waals surface area contributed by atoms with Crippen LogP contribution in [-0.2, 0) is 11.3 Å². The second kappa shape index (κ2) is 8.86. The molecular formula is C29H31F2N3O4. The van der Waals surface area contributed by atoms with Crippen LogP contribution in [-0.4, -0.2) is 51.2 Å². The van der Waals surface area contributed by atoms with Gasteiger partial charge in [0.25, 0.3) is 0 Å². The monoisotopic (exact) mass is 523 g/mol. The van der Waals surface area contributed by atoms with E-state index in [1.165, 1.54) is 17.2 Å². The predicted octanol–water partition coefficient (Wildman–Crippen LogP) is 6.29. The molecule has 0 amide bonds. The zero-order valence-corrected chi connectivity index (χ0v) is 21.5. The number of aromatic nitrogens is 2. The van der Waals surface area contributed by atoms with E-state index in [1.807, 2.05) is 19.1 Å². The molecule has 3 heterocycles. The molecule has 1 spiro atoms. The summed E-state index contributed by atoms with van der Waals surface area (Å²) in [6, 6.07) is 7.35. The van der Waals surface area contributed by atoms with Gasteiger partial charge in [0.05, 0.1) is 12.6 Å². The SMILES string of the molecule is COC(=O)c1ccc([C@@H]2CC3(CCN2Cc2c(C4CC4)cc(C)c4c2ccn4C(=O)O)CC(F)(F)C3)cn1. The summed E-state index contributed by atoms with van der Waals surface area (Å²) in [5, 5.41) is 10.7. The molecule has 7 nitrogen and oxygen atoms in total. The molecule has 3 aliphatic rings. The zero-order valence-electron chi connectivity index (χ0n) is 21.5. The average molecular weight is 524 g/mol. The number of nitrogens with zero attached hydrogens (tertiary/aromatic N) is 3. The van der Waals surface area contributed by atoms with Gasteiger partial charge in [-0.3, -0.25) is 9.47 Å². The van der Waals surface area contributed by atoms with Gasteiger partial charge in [0, 0.05) is 43.2 Å². The first kappa shape index (κ1) is 25.0. The summed E-state index contributed by atoms with van der Waals surface area (Å²) < 4.78 is 34.1. The standard InChI is InChI=1S/C29H31F2N3O4/c1-17-11-21(18-3-4-18)22(20-7-9-34(25(17)20)27(36)37)14-33-10-8-28(15-29(30,31)16-28)12-24(33)19-5-6-23(32-13-19)26(35)38-2/h5-7,9,11,13,18,24H,3-4,8,10,12,14-16H2,1-2H3,(H,36,37)/t24-/m0/s1. The van der Waals surface area contributed by atoms with Crippen LogP contribution in [0.1, 0.15) is 83.2 Å². The number of hydrogen-bond donors (Lipinski definition) is 1. The van der Waals surface area contributed by atoms with E-state index in [1.54, 1.807) is 18.5 Å². The Morgan fingerprint density at radius 3 is 2.58 bits per heavy atom. The molecular weight excluding hydrogens is 492 g/mol. The van der Waals surface area contributed by atoms with Crippen molar-refractivity contribution in [2.24, 2.45) is 5.41 Å². The molecule has 3 fully saturated rings. The number of hydrogen-bond acceptors (Lipinski definition) is 5. The third-order valence-corrected chi connectivity index (χ3v) is 8.72. The van der Waals surface area contributed by atoms with Crippen molar-refractivity contribution in [3.8, 4) is 0 Å². The van der Waals surface area contributed by atoms with Gasteiger partial charge in [-0.15, -0.1) is 0 Å². The quantitative estimate of drug-likeness (QED) is 0.396. The van der Waals surface area contributed by atoms with Crippen molar-refractivity contribution in [2.45, 2.75) is 69.9 Å². The molecule has 2 aliphatic carbocycles. The van der Waals surface area contributed by atoms with E-state index in [0.717, 1.165) is 34.9 Å². The minimum atomic E-state index is -2.61. The molecule has 1 aliphatic heterocycles. The number of halogens is 2. The summed E-state index contributed by atoms with van der Waals surface area (Å²) in [7, 11) is 1.30. The van der Waals surface area contributed by atoms with Crippen molar-refractivity contribution in [1.29, 1.82) is 0 Å². The Labute approximate surface area is 219 Å². The number of rotatable bonds is 5. The van der Waals surface area contributed by atoms with Crippen LogP contribution in [0.25, 0.3) is 10.9 Å². The summed E-state index contributed by atoms with van der Waals surface area (Å²) in [6.45, 7) is 3.19. The van der Waals surface area contributed by atoms with Crippen LogP contribution in [0.15, 0.2) is 36.7 Å². The van der Waals surface area contributed by atoms with E-state index in [2.05, 4.69) is 16.0 Å². The van der Waals surface area contributed by atoms with Crippen LogP contribution in [0.4, 0.5) is 13.6 Å². The molecule has 2 saturated carbocycles. The third-order valence-electron chi connectivity index (χ3n) is 8.72. The van der Waals surface area contributed by atoms with E-state index < -0.39 is 23.4 Å². The lowest BCUT2D eigenvalue weighted by molar-refractivity contribution is -0.186. The van der Waals surface area contributed by atoms with E-state index in [-0.39, 0.29) is 24.6 Å². The Kier molecular flexibility index (Phi) is 5.83. The second-order valence-corrected chi connectivity index (χ2v) is 11.4. The van der Waals surface area contributed by atoms with Crippen LogP contribution >= 0.6 is 0 Å². The van der Waals surface area contributed by atoms with Gasteiger partial charge in [-0.1, -0.05) is 12.1 Å². The van der Waals surface area contributed by atoms with E-state index in [0.29, 0.717) is 37.4 Å². The Hall–Kier alpha value is -3.33. The van der Waals surface area contributed by atoms with Crippen molar-refractivity contribution in [3.05, 3.63) is 64.6 Å². The van der Waals surface area contributed by atoms with E-state index >= 15 is 0 Å². The molecule has 200 valence electrons. The number of likely N-dealkylation sites (tertiary alicyclic amines) is 1. The average Bonchev–Trinajstić information content (AvgIpc) is 3.61. The van der Waals surface area contributed by atoms with Crippen LogP contribution in [0.5, 0.6) is 0 Å². The lowest BCUT2D eigenvalue weighted by Gasteiger charge is -2.54. The fourth-order valence-electron chi connectivity index (χ4n) is 6.81. The zero-order chi connectivity index (χ0) is 26.8. The molecule has 0 radical (unpaired) electrons. The molecule has 3 aromatic rings.